The van der Waals surface area contributed by atoms with E-state index in [2.05, 4.69) is 55.7 Å². The van der Waals surface area contributed by atoms with E-state index in [0.717, 1.165) is 37.1 Å². The number of rotatable bonds is 4. The van der Waals surface area contributed by atoms with Crippen LogP contribution in [0.3, 0.4) is 0 Å². The quantitative estimate of drug-likeness (QED) is 0.775. The smallest absolute Gasteiger partial charge is 0.304 e. The zero-order chi connectivity index (χ0) is 21.5. The first-order chi connectivity index (χ1) is 14.2. The molecule has 1 aromatic rings. The van der Waals surface area contributed by atoms with Gasteiger partial charge in [0, 0.05) is 38.5 Å². The minimum absolute atomic E-state index is 0.225. The second kappa shape index (κ2) is 8.19. The lowest BCUT2D eigenvalue weighted by Gasteiger charge is -2.42. The van der Waals surface area contributed by atoms with Gasteiger partial charge < -0.3 is 10.0 Å². The molecule has 1 N–H and O–H groups in total. The van der Waals surface area contributed by atoms with Crippen molar-refractivity contribution in [3.05, 3.63) is 34.9 Å². The fourth-order valence-corrected chi connectivity index (χ4v) is 6.08. The van der Waals surface area contributed by atoms with Crippen molar-refractivity contribution in [1.82, 2.24) is 9.80 Å². The first kappa shape index (κ1) is 21.7. The van der Waals surface area contributed by atoms with E-state index >= 15 is 0 Å². The molecule has 1 atom stereocenters. The molecular weight excluding hydrogens is 394 g/mol. The first-order valence-corrected chi connectivity index (χ1v) is 12.2. The second-order valence-electron chi connectivity index (χ2n) is 10.3. The average molecular weight is 430 g/mol. The predicted octanol–water partition coefficient (Wildman–Crippen LogP) is 4.27. The Kier molecular flexibility index (Phi) is 5.92. The van der Waals surface area contributed by atoms with Crippen LogP contribution in [-0.2, 0) is 15.6 Å². The van der Waals surface area contributed by atoms with E-state index in [9.17, 15) is 4.79 Å². The van der Waals surface area contributed by atoms with Gasteiger partial charge >= 0.3 is 5.97 Å². The Morgan fingerprint density at radius 3 is 2.43 bits per heavy atom. The number of hydrogen-bond donors (Lipinski definition) is 1. The first-order valence-electron chi connectivity index (χ1n) is 11.2. The molecule has 0 saturated carbocycles. The average Bonchev–Trinajstić information content (AvgIpc) is 3.20. The number of aliphatic imine (C=N–C) groups is 1. The molecule has 1 aromatic carbocycles. The standard InChI is InChI=1S/C24H35N3O2S/c1-23(2)8-9-24(3,4)19-15-17(5-6-18(19)23)20-16-30-22(25-20)27-13-11-26(12-14-27)10-7-21(28)29/h5-6,15,20H,7-14,16H2,1-4H3,(H,28,29). The summed E-state index contributed by atoms with van der Waals surface area (Å²) >= 11 is 1.87. The highest BCUT2D eigenvalue weighted by Crippen LogP contribution is 2.47. The van der Waals surface area contributed by atoms with Gasteiger partial charge in [0.1, 0.15) is 0 Å². The number of amidine groups is 1. The molecule has 0 amide bonds. The van der Waals surface area contributed by atoms with Crippen LogP contribution < -0.4 is 0 Å². The maximum absolute atomic E-state index is 10.8. The number of nitrogens with zero attached hydrogens (tertiary/aromatic N) is 3. The van der Waals surface area contributed by atoms with Crippen molar-refractivity contribution in [3.63, 3.8) is 0 Å². The van der Waals surface area contributed by atoms with E-state index in [1.165, 1.54) is 29.5 Å². The fourth-order valence-electron chi connectivity index (χ4n) is 4.94. The number of carboxylic acid groups (broad SMARTS) is 1. The normalized spacial score (nSPS) is 25.7. The number of benzene rings is 1. The summed E-state index contributed by atoms with van der Waals surface area (Å²) in [6.45, 7) is 13.9. The van der Waals surface area contributed by atoms with E-state index in [1.807, 2.05) is 11.8 Å². The topological polar surface area (TPSA) is 56.1 Å². The lowest BCUT2D eigenvalue weighted by Crippen LogP contribution is -2.48. The largest absolute Gasteiger partial charge is 0.481 e. The molecule has 1 saturated heterocycles. The number of fused-ring (bicyclic) bond motifs is 1. The van der Waals surface area contributed by atoms with Gasteiger partial charge in [-0.25, -0.2) is 0 Å². The van der Waals surface area contributed by atoms with E-state index in [1.54, 1.807) is 0 Å². The van der Waals surface area contributed by atoms with Gasteiger partial charge in [-0.3, -0.25) is 14.7 Å². The molecule has 0 spiro atoms. The van der Waals surface area contributed by atoms with Crippen molar-refractivity contribution in [2.45, 2.75) is 63.8 Å². The Morgan fingerprint density at radius 2 is 1.77 bits per heavy atom. The van der Waals surface area contributed by atoms with Crippen LogP contribution in [0.2, 0.25) is 0 Å². The molecule has 0 aromatic heterocycles. The van der Waals surface area contributed by atoms with Gasteiger partial charge in [0.05, 0.1) is 12.5 Å². The molecule has 4 rings (SSSR count). The van der Waals surface area contributed by atoms with Gasteiger partial charge in [0.25, 0.3) is 0 Å². The Hall–Kier alpha value is -1.53. The van der Waals surface area contributed by atoms with Crippen molar-refractivity contribution < 1.29 is 9.90 Å². The van der Waals surface area contributed by atoms with E-state index < -0.39 is 5.97 Å². The van der Waals surface area contributed by atoms with Crippen LogP contribution in [0, 0.1) is 0 Å². The third-order valence-electron chi connectivity index (χ3n) is 7.18. The Labute approximate surface area is 184 Å². The number of thioether (sulfide) groups is 1. The van der Waals surface area contributed by atoms with Gasteiger partial charge in [0.2, 0.25) is 0 Å². The van der Waals surface area contributed by atoms with Crippen molar-refractivity contribution >= 4 is 22.9 Å². The summed E-state index contributed by atoms with van der Waals surface area (Å²) < 4.78 is 0. The van der Waals surface area contributed by atoms with Crippen LogP contribution in [0.25, 0.3) is 0 Å². The molecule has 5 nitrogen and oxygen atoms in total. The van der Waals surface area contributed by atoms with Crippen molar-refractivity contribution in [2.24, 2.45) is 4.99 Å². The summed E-state index contributed by atoms with van der Waals surface area (Å²) in [5, 5.41) is 10.0. The molecule has 6 heteroatoms. The summed E-state index contributed by atoms with van der Waals surface area (Å²) in [6.07, 6.45) is 2.70. The summed E-state index contributed by atoms with van der Waals surface area (Å²) in [5.41, 5.74) is 4.85. The zero-order valence-electron chi connectivity index (χ0n) is 18.8. The summed E-state index contributed by atoms with van der Waals surface area (Å²) in [4.78, 5) is 20.5. The highest BCUT2D eigenvalue weighted by Gasteiger charge is 2.37. The van der Waals surface area contributed by atoms with Crippen LogP contribution >= 0.6 is 11.8 Å². The highest BCUT2D eigenvalue weighted by atomic mass is 32.2. The monoisotopic (exact) mass is 429 g/mol. The number of piperazine rings is 1. The Bertz CT molecular complexity index is 841. The lowest BCUT2D eigenvalue weighted by molar-refractivity contribution is -0.137. The second-order valence-corrected chi connectivity index (χ2v) is 11.3. The van der Waals surface area contributed by atoms with Crippen LogP contribution in [0.4, 0.5) is 0 Å². The SMILES string of the molecule is CC1(C)CCC(C)(C)c2cc(C3CSC(N4CCN(CCC(=O)O)CC4)=N3)ccc21. The van der Waals surface area contributed by atoms with E-state index in [4.69, 9.17) is 10.1 Å². The summed E-state index contributed by atoms with van der Waals surface area (Å²) in [7, 11) is 0. The van der Waals surface area contributed by atoms with E-state index in [-0.39, 0.29) is 23.3 Å². The molecule has 0 bridgehead atoms. The zero-order valence-corrected chi connectivity index (χ0v) is 19.6. The fraction of sp³-hybridized carbons (Fsp3) is 0.667. The predicted molar refractivity (Wildman–Crippen MR) is 125 cm³/mol. The molecule has 1 fully saturated rings. The maximum atomic E-state index is 10.8. The number of carbonyl (C=O) groups is 1. The van der Waals surface area contributed by atoms with Crippen molar-refractivity contribution in [3.8, 4) is 0 Å². The summed E-state index contributed by atoms with van der Waals surface area (Å²) in [5.74, 6) is 0.296. The third kappa shape index (κ3) is 4.40. The molecule has 164 valence electrons. The van der Waals surface area contributed by atoms with Crippen LogP contribution in [-0.4, -0.2) is 64.5 Å². The minimum Gasteiger partial charge on any atom is -0.481 e. The van der Waals surface area contributed by atoms with Gasteiger partial charge in [-0.15, -0.1) is 0 Å². The third-order valence-corrected chi connectivity index (χ3v) is 8.29. The maximum Gasteiger partial charge on any atom is 0.304 e. The van der Waals surface area contributed by atoms with Gasteiger partial charge in [0.15, 0.2) is 5.17 Å². The molecule has 1 unspecified atom stereocenters. The highest BCUT2D eigenvalue weighted by molar-refractivity contribution is 8.14. The van der Waals surface area contributed by atoms with Gasteiger partial charge in [-0.1, -0.05) is 57.7 Å². The van der Waals surface area contributed by atoms with Gasteiger partial charge in [-0.05, 0) is 40.4 Å². The van der Waals surface area contributed by atoms with Crippen molar-refractivity contribution in [1.29, 1.82) is 0 Å². The Balaban J connectivity index is 1.45. The number of carboxylic acids is 1. The molecule has 0 radical (unpaired) electrons. The summed E-state index contributed by atoms with van der Waals surface area (Å²) in [6, 6.07) is 7.35. The molecule has 1 aliphatic carbocycles. The van der Waals surface area contributed by atoms with E-state index in [0.29, 0.717) is 6.54 Å². The van der Waals surface area contributed by atoms with Crippen LogP contribution in [0.15, 0.2) is 23.2 Å². The van der Waals surface area contributed by atoms with Crippen LogP contribution in [0.5, 0.6) is 0 Å². The minimum atomic E-state index is -0.715. The van der Waals surface area contributed by atoms with Crippen molar-refractivity contribution in [2.75, 3.05) is 38.5 Å². The molecule has 2 heterocycles. The molecule has 30 heavy (non-hydrogen) atoms. The lowest BCUT2D eigenvalue weighted by atomic mass is 9.63. The molecular formula is C24H35N3O2S. The number of aliphatic carboxylic acids is 1. The van der Waals surface area contributed by atoms with Gasteiger partial charge in [-0.2, -0.15) is 0 Å². The molecule has 3 aliphatic rings. The molecule has 2 aliphatic heterocycles. The van der Waals surface area contributed by atoms with Crippen LogP contribution in [0.1, 0.15) is 69.7 Å². The number of hydrogen-bond acceptors (Lipinski definition) is 5. The Morgan fingerprint density at radius 1 is 1.10 bits per heavy atom.